The number of rotatable bonds is 7. The van der Waals surface area contributed by atoms with E-state index in [0.717, 1.165) is 30.6 Å². The van der Waals surface area contributed by atoms with Crippen molar-refractivity contribution in [3.63, 3.8) is 0 Å². The fourth-order valence-electron chi connectivity index (χ4n) is 2.21. The number of carbonyl (C=O) groups excluding carboxylic acids is 2. The molecule has 0 radical (unpaired) electrons. The highest BCUT2D eigenvalue weighted by Gasteiger charge is 2.20. The first-order valence-corrected chi connectivity index (χ1v) is 6.63. The average molecular weight is 301 g/mol. The van der Waals surface area contributed by atoms with Crippen LogP contribution in [0.25, 0.3) is 0 Å². The fourth-order valence-corrected chi connectivity index (χ4v) is 2.21. The van der Waals surface area contributed by atoms with E-state index in [0.29, 0.717) is 0 Å². The Morgan fingerprint density at radius 2 is 1.48 bits per heavy atom. The summed E-state index contributed by atoms with van der Waals surface area (Å²) in [4.78, 5) is 45.2. The van der Waals surface area contributed by atoms with Crippen LogP contribution >= 0.6 is 0 Å². The van der Waals surface area contributed by atoms with E-state index in [-0.39, 0.29) is 6.04 Å². The zero-order valence-electron chi connectivity index (χ0n) is 11.5. The normalized spacial score (nSPS) is 14.9. The molecule has 21 heavy (non-hydrogen) atoms. The first-order valence-electron chi connectivity index (χ1n) is 6.63. The van der Waals surface area contributed by atoms with E-state index < -0.39 is 43.5 Å². The van der Waals surface area contributed by atoms with Gasteiger partial charge in [0.1, 0.15) is 0 Å². The molecule has 4 N–H and O–H groups in total. The van der Waals surface area contributed by atoms with E-state index in [9.17, 15) is 19.2 Å². The van der Waals surface area contributed by atoms with E-state index in [2.05, 4.69) is 10.6 Å². The van der Waals surface area contributed by atoms with Crippen LogP contribution in [0.4, 0.5) is 4.79 Å². The summed E-state index contributed by atoms with van der Waals surface area (Å²) >= 11 is 0. The molecule has 0 atom stereocenters. The monoisotopic (exact) mass is 301 g/mol. The molecule has 1 rings (SSSR count). The lowest BCUT2D eigenvalue weighted by Gasteiger charge is -2.17. The van der Waals surface area contributed by atoms with Gasteiger partial charge in [-0.1, -0.05) is 12.8 Å². The molecule has 0 bridgehead atoms. The predicted octanol–water partition coefficient (Wildman–Crippen LogP) is -0.774. The molecule has 1 saturated carbocycles. The highest BCUT2D eigenvalue weighted by Crippen LogP contribution is 2.17. The Bertz CT molecular complexity index is 403. The lowest BCUT2D eigenvalue weighted by Crippen LogP contribution is -2.48. The highest BCUT2D eigenvalue weighted by molar-refractivity contribution is 5.95. The zero-order chi connectivity index (χ0) is 15.8. The summed E-state index contributed by atoms with van der Waals surface area (Å²) in [5.74, 6) is -3.24. The van der Waals surface area contributed by atoms with Gasteiger partial charge in [-0.25, -0.2) is 4.79 Å². The quantitative estimate of drug-likeness (QED) is 0.484. The molecule has 1 aliphatic carbocycles. The zero-order valence-corrected chi connectivity index (χ0v) is 11.5. The topological polar surface area (TPSA) is 136 Å². The van der Waals surface area contributed by atoms with Gasteiger partial charge in [0.25, 0.3) is 0 Å². The molecule has 3 amide bonds. The third-order valence-corrected chi connectivity index (χ3v) is 3.03. The molecule has 0 aromatic carbocycles. The van der Waals surface area contributed by atoms with E-state index in [1.165, 1.54) is 0 Å². The van der Waals surface area contributed by atoms with E-state index in [1.807, 2.05) is 0 Å². The van der Waals surface area contributed by atoms with Crippen molar-refractivity contribution >= 4 is 23.9 Å². The second kappa shape index (κ2) is 8.20. The Kier molecular flexibility index (Phi) is 6.60. The van der Waals surface area contributed by atoms with Crippen molar-refractivity contribution in [3.05, 3.63) is 0 Å². The van der Waals surface area contributed by atoms with E-state index in [4.69, 9.17) is 10.2 Å². The summed E-state index contributed by atoms with van der Waals surface area (Å²) in [7, 11) is 0. The molecule has 0 saturated heterocycles. The first-order chi connectivity index (χ1) is 9.86. The lowest BCUT2D eigenvalue weighted by atomic mass is 10.2. The molecule has 0 aromatic rings. The molecule has 1 fully saturated rings. The van der Waals surface area contributed by atoms with Gasteiger partial charge in [0.15, 0.2) is 0 Å². The van der Waals surface area contributed by atoms with Crippen LogP contribution < -0.4 is 10.6 Å². The van der Waals surface area contributed by atoms with Crippen LogP contribution in [0, 0.1) is 0 Å². The minimum absolute atomic E-state index is 0.0481. The number of nitrogens with one attached hydrogen (secondary N) is 2. The van der Waals surface area contributed by atoms with Crippen LogP contribution in [-0.2, 0) is 14.4 Å². The molecule has 118 valence electrons. The maximum atomic E-state index is 11.6. The van der Waals surface area contributed by atoms with Crippen LogP contribution in [-0.4, -0.2) is 64.7 Å². The molecular weight excluding hydrogens is 282 g/mol. The number of amides is 3. The molecule has 9 nitrogen and oxygen atoms in total. The summed E-state index contributed by atoms with van der Waals surface area (Å²) in [6.45, 7) is -1.66. The Balaban J connectivity index is 2.38. The fraction of sp³-hybridized carbons (Fsp3) is 0.667. The lowest BCUT2D eigenvalue weighted by molar-refractivity contribution is -0.142. The maximum absolute atomic E-state index is 11.6. The number of imide groups is 1. The van der Waals surface area contributed by atoms with E-state index >= 15 is 0 Å². The van der Waals surface area contributed by atoms with Crippen LogP contribution in [0.1, 0.15) is 25.7 Å². The number of hydrogen-bond acceptors (Lipinski definition) is 5. The Hall–Kier alpha value is -2.16. The minimum Gasteiger partial charge on any atom is -0.480 e. The van der Waals surface area contributed by atoms with Gasteiger partial charge in [-0.05, 0) is 12.8 Å². The summed E-state index contributed by atoms with van der Waals surface area (Å²) in [5, 5.41) is 22.0. The predicted molar refractivity (Wildman–Crippen MR) is 70.6 cm³/mol. The van der Waals surface area contributed by atoms with Crippen molar-refractivity contribution in [2.45, 2.75) is 31.7 Å². The number of urea groups is 1. The molecular formula is C12H19N3O6. The van der Waals surface area contributed by atoms with Crippen LogP contribution in [0.5, 0.6) is 0 Å². The van der Waals surface area contributed by atoms with Crippen molar-refractivity contribution in [1.82, 2.24) is 15.5 Å². The van der Waals surface area contributed by atoms with E-state index in [1.54, 1.807) is 0 Å². The van der Waals surface area contributed by atoms with Gasteiger partial charge in [-0.2, -0.15) is 0 Å². The standard InChI is InChI=1S/C12H19N3O6/c16-9(5-15(6-10(17)18)7-11(19)20)14-12(21)13-8-3-1-2-4-8/h8H,1-7H2,(H,17,18)(H,19,20)(H2,13,14,16,21). The Morgan fingerprint density at radius 1 is 0.952 bits per heavy atom. The van der Waals surface area contributed by atoms with Gasteiger partial charge in [0.2, 0.25) is 5.91 Å². The molecule has 0 unspecified atom stereocenters. The number of carboxylic acid groups (broad SMARTS) is 2. The summed E-state index contributed by atoms with van der Waals surface area (Å²) in [6, 6.07) is -0.593. The maximum Gasteiger partial charge on any atom is 0.321 e. The van der Waals surface area contributed by atoms with Gasteiger partial charge >= 0.3 is 18.0 Å². The summed E-state index contributed by atoms with van der Waals surface area (Å²) < 4.78 is 0. The van der Waals surface area contributed by atoms with Crippen molar-refractivity contribution in [2.75, 3.05) is 19.6 Å². The Morgan fingerprint density at radius 3 is 1.95 bits per heavy atom. The summed E-state index contributed by atoms with van der Waals surface area (Å²) in [6.07, 6.45) is 3.80. The largest absolute Gasteiger partial charge is 0.480 e. The smallest absolute Gasteiger partial charge is 0.321 e. The Labute approximate surface area is 121 Å². The SMILES string of the molecule is O=C(O)CN(CC(=O)O)CC(=O)NC(=O)NC1CCCC1. The number of carbonyl (C=O) groups is 4. The van der Waals surface area contributed by atoms with Gasteiger partial charge in [-0.3, -0.25) is 24.6 Å². The number of carboxylic acids is 2. The van der Waals surface area contributed by atoms with Crippen LogP contribution in [0.15, 0.2) is 0 Å². The third kappa shape index (κ3) is 7.25. The van der Waals surface area contributed by atoms with Gasteiger partial charge in [-0.15, -0.1) is 0 Å². The molecule has 0 spiro atoms. The van der Waals surface area contributed by atoms with Crippen LogP contribution in [0.3, 0.4) is 0 Å². The van der Waals surface area contributed by atoms with Crippen molar-refractivity contribution in [2.24, 2.45) is 0 Å². The summed E-state index contributed by atoms with van der Waals surface area (Å²) in [5.41, 5.74) is 0. The van der Waals surface area contributed by atoms with Crippen LogP contribution in [0.2, 0.25) is 0 Å². The molecule has 1 aliphatic rings. The van der Waals surface area contributed by atoms with Gasteiger partial charge < -0.3 is 15.5 Å². The number of hydrogen-bond donors (Lipinski definition) is 4. The third-order valence-electron chi connectivity index (χ3n) is 3.03. The van der Waals surface area contributed by atoms with Crippen molar-refractivity contribution in [1.29, 1.82) is 0 Å². The average Bonchev–Trinajstić information content (AvgIpc) is 2.78. The molecule has 0 heterocycles. The molecule has 0 aliphatic heterocycles. The van der Waals surface area contributed by atoms with Gasteiger partial charge in [0.05, 0.1) is 19.6 Å². The second-order valence-electron chi connectivity index (χ2n) is 4.94. The van der Waals surface area contributed by atoms with Crippen molar-refractivity contribution in [3.8, 4) is 0 Å². The number of nitrogens with zero attached hydrogens (tertiary/aromatic N) is 1. The minimum atomic E-state index is -1.25. The first kappa shape index (κ1) is 16.9. The molecule has 0 aromatic heterocycles. The van der Waals surface area contributed by atoms with Gasteiger partial charge in [0, 0.05) is 6.04 Å². The highest BCUT2D eigenvalue weighted by atomic mass is 16.4. The molecule has 9 heteroatoms. The van der Waals surface area contributed by atoms with Crippen molar-refractivity contribution < 1.29 is 29.4 Å². The second-order valence-corrected chi connectivity index (χ2v) is 4.94. The number of aliphatic carboxylic acids is 2.